The van der Waals surface area contributed by atoms with Gasteiger partial charge < -0.3 is 25.0 Å². The molecule has 0 aliphatic rings. The summed E-state index contributed by atoms with van der Waals surface area (Å²) >= 11 is 0. The number of nitrogens with one attached hydrogen (secondary N) is 2. The highest BCUT2D eigenvalue weighted by Crippen LogP contribution is 2.37. The number of pyridine rings is 2. The first kappa shape index (κ1) is 29.8. The fraction of sp³-hybridized carbons (Fsp3) is 0.258. The molecule has 0 radical (unpaired) electrons. The van der Waals surface area contributed by atoms with Crippen LogP contribution in [0.5, 0.6) is 17.2 Å². The summed E-state index contributed by atoms with van der Waals surface area (Å²) in [5.41, 5.74) is 4.39. The molecule has 5 aromatic rings. The number of likely N-dealkylation sites (N-methyl/N-ethyl adjacent to an activating group) is 1. The predicted molar refractivity (Wildman–Crippen MR) is 164 cm³/mol. The van der Waals surface area contributed by atoms with E-state index in [2.05, 4.69) is 31.8 Å². The van der Waals surface area contributed by atoms with Crippen LogP contribution in [-0.4, -0.2) is 57.6 Å². The zero-order valence-electron chi connectivity index (χ0n) is 24.6. The molecule has 11 heteroatoms. The zero-order chi connectivity index (χ0) is 30.2. The number of benzene rings is 2. The van der Waals surface area contributed by atoms with Crippen molar-refractivity contribution in [2.24, 2.45) is 0 Å². The fourth-order valence-corrected chi connectivity index (χ4v) is 4.16. The van der Waals surface area contributed by atoms with Crippen molar-refractivity contribution in [1.29, 1.82) is 5.26 Å². The first-order valence-corrected chi connectivity index (χ1v) is 13.6. The number of nitriles is 1. The number of carbonyl (C=O) groups excluding carboxylic acids is 1. The molecular formula is C31H34N8O3. The molecule has 0 bridgehead atoms. The summed E-state index contributed by atoms with van der Waals surface area (Å²) in [5.74, 6) is 1.60. The topological polar surface area (TPSA) is 130 Å². The summed E-state index contributed by atoms with van der Waals surface area (Å²) < 4.78 is 13.7. The van der Waals surface area contributed by atoms with Crippen molar-refractivity contribution >= 4 is 39.5 Å². The van der Waals surface area contributed by atoms with Gasteiger partial charge in [0.25, 0.3) is 0 Å². The average Bonchev–Trinajstić information content (AvgIpc) is 3.44. The molecule has 216 valence electrons. The van der Waals surface area contributed by atoms with E-state index in [1.54, 1.807) is 22.8 Å². The Morgan fingerprint density at radius 1 is 1.10 bits per heavy atom. The normalized spacial score (nSPS) is 10.6. The van der Waals surface area contributed by atoms with Gasteiger partial charge in [0.1, 0.15) is 36.3 Å². The van der Waals surface area contributed by atoms with Crippen LogP contribution in [0.15, 0.2) is 61.2 Å². The highest BCUT2D eigenvalue weighted by atomic mass is 16.5. The number of aryl methyl sites for hydroxylation is 1. The smallest absolute Gasteiger partial charge is 0.221 e. The quantitative estimate of drug-likeness (QED) is 0.223. The van der Waals surface area contributed by atoms with Crippen molar-refractivity contribution in [3.05, 3.63) is 72.3 Å². The van der Waals surface area contributed by atoms with Crippen LogP contribution < -0.4 is 20.1 Å². The van der Waals surface area contributed by atoms with Crippen molar-refractivity contribution in [2.45, 2.75) is 27.7 Å². The molecule has 0 saturated carbocycles. The maximum atomic E-state index is 12.0. The third-order valence-corrected chi connectivity index (χ3v) is 6.12. The van der Waals surface area contributed by atoms with Gasteiger partial charge in [-0.05, 0) is 56.9 Å². The van der Waals surface area contributed by atoms with Crippen LogP contribution in [0, 0.1) is 18.3 Å². The number of ether oxygens (including phenoxy) is 2. The summed E-state index contributed by atoms with van der Waals surface area (Å²) in [6.07, 6.45) is 4.80. The van der Waals surface area contributed by atoms with Gasteiger partial charge in [-0.15, -0.1) is 0 Å². The summed E-state index contributed by atoms with van der Waals surface area (Å²) in [4.78, 5) is 22.6. The van der Waals surface area contributed by atoms with Crippen LogP contribution in [0.1, 0.15) is 31.9 Å². The summed E-state index contributed by atoms with van der Waals surface area (Å²) in [7, 11) is 3.92. The molecule has 2 aromatic carbocycles. The predicted octanol–water partition coefficient (Wildman–Crippen LogP) is 5.92. The molecule has 5 rings (SSSR count). The molecule has 0 atom stereocenters. The first-order valence-electron chi connectivity index (χ1n) is 13.6. The lowest BCUT2D eigenvalue weighted by molar-refractivity contribution is -0.114. The van der Waals surface area contributed by atoms with E-state index in [0.717, 1.165) is 11.3 Å². The highest BCUT2D eigenvalue weighted by Gasteiger charge is 2.16. The van der Waals surface area contributed by atoms with Crippen LogP contribution in [0.25, 0.3) is 16.6 Å². The Kier molecular flexibility index (Phi) is 9.52. The number of nitrogens with zero attached hydrogens (tertiary/aromatic N) is 6. The van der Waals surface area contributed by atoms with E-state index in [1.807, 2.05) is 70.1 Å². The second-order valence-electron chi connectivity index (χ2n) is 9.49. The van der Waals surface area contributed by atoms with Gasteiger partial charge in [0, 0.05) is 49.1 Å². The lowest BCUT2D eigenvalue weighted by Gasteiger charge is -2.17. The molecule has 0 aliphatic heterocycles. The van der Waals surface area contributed by atoms with Crippen molar-refractivity contribution in [1.82, 2.24) is 24.5 Å². The van der Waals surface area contributed by atoms with Crippen LogP contribution in [0.3, 0.4) is 0 Å². The van der Waals surface area contributed by atoms with Gasteiger partial charge in [-0.1, -0.05) is 13.8 Å². The lowest BCUT2D eigenvalue weighted by Crippen LogP contribution is -2.20. The second kappa shape index (κ2) is 13.4. The van der Waals surface area contributed by atoms with E-state index in [0.29, 0.717) is 63.9 Å². The molecule has 3 aromatic heterocycles. The van der Waals surface area contributed by atoms with Crippen LogP contribution in [-0.2, 0) is 4.79 Å². The molecule has 0 unspecified atom stereocenters. The minimum atomic E-state index is -0.231. The zero-order valence-corrected chi connectivity index (χ0v) is 24.6. The Labute approximate surface area is 244 Å². The molecule has 42 heavy (non-hydrogen) atoms. The number of fused-ring (bicyclic) bond motifs is 2. The Hall–Kier alpha value is -5.21. The largest absolute Gasteiger partial charge is 0.490 e. The van der Waals surface area contributed by atoms with E-state index in [4.69, 9.17) is 9.47 Å². The summed E-state index contributed by atoms with van der Waals surface area (Å²) in [5, 5.41) is 20.8. The van der Waals surface area contributed by atoms with Crippen molar-refractivity contribution in [3.63, 3.8) is 0 Å². The molecule has 0 saturated heterocycles. The Balaban J connectivity index is 0.00000198. The fourth-order valence-electron chi connectivity index (χ4n) is 4.16. The molecule has 1 amide bonds. The summed E-state index contributed by atoms with van der Waals surface area (Å²) in [6, 6.07) is 15.1. The van der Waals surface area contributed by atoms with Gasteiger partial charge >= 0.3 is 0 Å². The number of hydrogen-bond acceptors (Lipinski definition) is 9. The number of aromatic nitrogens is 4. The summed E-state index contributed by atoms with van der Waals surface area (Å²) in [6.45, 7) is 8.53. The number of carbonyl (C=O) groups is 1. The van der Waals surface area contributed by atoms with E-state index < -0.39 is 0 Å². The minimum Gasteiger partial charge on any atom is -0.490 e. The Bertz CT molecular complexity index is 1760. The standard InChI is InChI=1S/C29H28N8O3.C2H6/c1-18-11-21(5-6-26(18)40-22-7-8-37-28(12-22)32-17-33-37)35-29-20(15-30)16-31-24-14-27(39-10-9-36(3)4)25(13-23(24)29)34-19(2)38;1-2/h5-8,11-14,16-17H,9-10H2,1-4H3,(H,31,35)(H,34,38);1-2H3. The maximum absolute atomic E-state index is 12.0. The van der Waals surface area contributed by atoms with Crippen molar-refractivity contribution in [3.8, 4) is 23.3 Å². The number of hydrogen-bond donors (Lipinski definition) is 2. The molecule has 11 nitrogen and oxygen atoms in total. The first-order chi connectivity index (χ1) is 20.3. The van der Waals surface area contributed by atoms with Crippen LogP contribution >= 0.6 is 0 Å². The Morgan fingerprint density at radius 3 is 2.62 bits per heavy atom. The molecular weight excluding hydrogens is 532 g/mol. The number of anilines is 3. The monoisotopic (exact) mass is 566 g/mol. The van der Waals surface area contributed by atoms with Gasteiger partial charge in [-0.2, -0.15) is 10.4 Å². The van der Waals surface area contributed by atoms with Crippen LogP contribution in [0.4, 0.5) is 17.1 Å². The average molecular weight is 567 g/mol. The van der Waals surface area contributed by atoms with Crippen molar-refractivity contribution < 1.29 is 14.3 Å². The SMILES string of the molecule is CC.CC(=O)Nc1cc2c(Nc3ccc(Oc4ccn5ncnc5c4)c(C)c3)c(C#N)cnc2cc1OCCN(C)C. The maximum Gasteiger partial charge on any atom is 0.221 e. The van der Waals surface area contributed by atoms with Crippen LogP contribution in [0.2, 0.25) is 0 Å². The van der Waals surface area contributed by atoms with Gasteiger partial charge in [-0.3, -0.25) is 9.78 Å². The third-order valence-electron chi connectivity index (χ3n) is 6.12. The second-order valence-corrected chi connectivity index (χ2v) is 9.49. The Morgan fingerprint density at radius 2 is 1.90 bits per heavy atom. The number of rotatable bonds is 9. The van der Waals surface area contributed by atoms with E-state index in [9.17, 15) is 10.1 Å². The molecule has 3 heterocycles. The van der Waals surface area contributed by atoms with E-state index in [-0.39, 0.29) is 5.91 Å². The molecule has 0 fully saturated rings. The van der Waals surface area contributed by atoms with E-state index >= 15 is 0 Å². The molecule has 2 N–H and O–H groups in total. The molecule has 0 aliphatic carbocycles. The highest BCUT2D eigenvalue weighted by molar-refractivity contribution is 6.01. The molecule has 0 spiro atoms. The number of amides is 1. The van der Waals surface area contributed by atoms with Gasteiger partial charge in [0.15, 0.2) is 5.65 Å². The van der Waals surface area contributed by atoms with Gasteiger partial charge in [-0.25, -0.2) is 9.50 Å². The third kappa shape index (κ3) is 6.92. The van der Waals surface area contributed by atoms with Crippen molar-refractivity contribution in [2.75, 3.05) is 37.9 Å². The minimum absolute atomic E-state index is 0.231. The lowest BCUT2D eigenvalue weighted by atomic mass is 10.1. The van der Waals surface area contributed by atoms with Gasteiger partial charge in [0.2, 0.25) is 5.91 Å². The van der Waals surface area contributed by atoms with E-state index in [1.165, 1.54) is 19.4 Å². The van der Waals surface area contributed by atoms with Gasteiger partial charge in [0.05, 0.1) is 22.5 Å².